The van der Waals surface area contributed by atoms with Crippen molar-refractivity contribution in [2.45, 2.75) is 46.0 Å². The van der Waals surface area contributed by atoms with Crippen molar-refractivity contribution >= 4 is 22.7 Å². The van der Waals surface area contributed by atoms with Gasteiger partial charge in [-0.25, -0.2) is 4.98 Å². The second-order valence-electron chi connectivity index (χ2n) is 6.99. The van der Waals surface area contributed by atoms with E-state index in [9.17, 15) is 0 Å². The van der Waals surface area contributed by atoms with E-state index in [1.165, 1.54) is 30.6 Å². The molecule has 3 rings (SSSR count). The summed E-state index contributed by atoms with van der Waals surface area (Å²) in [6.45, 7) is 5.10. The molecule has 152 valence electrons. The lowest BCUT2D eigenvalue weighted by atomic mass is 10.1. The summed E-state index contributed by atoms with van der Waals surface area (Å²) < 4.78 is 5.80. The van der Waals surface area contributed by atoms with E-state index in [1.807, 2.05) is 42.5 Å². The quantitative estimate of drug-likeness (QED) is 0.213. The number of ether oxygens (including phenoxy) is 1. The molecular weight excluding hydrogens is 378 g/mol. The summed E-state index contributed by atoms with van der Waals surface area (Å²) in [4.78, 5) is 5.83. The highest BCUT2D eigenvalue weighted by atomic mass is 32.1. The molecule has 0 saturated carbocycles. The van der Waals surface area contributed by atoms with Crippen LogP contribution in [0.3, 0.4) is 0 Å². The Morgan fingerprint density at radius 3 is 2.52 bits per heavy atom. The molecule has 5 heteroatoms. The highest BCUT2D eigenvalue weighted by Gasteiger charge is 2.08. The maximum atomic E-state index is 5.80. The Bertz CT molecular complexity index is 888. The van der Waals surface area contributed by atoms with Crippen molar-refractivity contribution < 1.29 is 4.74 Å². The van der Waals surface area contributed by atoms with Crippen LogP contribution in [-0.2, 0) is 0 Å². The average molecular weight is 408 g/mol. The van der Waals surface area contributed by atoms with Gasteiger partial charge in [-0.1, -0.05) is 62.9 Å². The maximum absolute atomic E-state index is 5.80. The molecule has 1 N–H and O–H groups in total. The Hall–Kier alpha value is -2.66. The number of aromatic nitrogens is 1. The summed E-state index contributed by atoms with van der Waals surface area (Å²) in [6, 6.07) is 18.2. The topological polar surface area (TPSA) is 46.5 Å². The minimum Gasteiger partial charge on any atom is -0.494 e. The summed E-state index contributed by atoms with van der Waals surface area (Å²) >= 11 is 1.61. The lowest BCUT2D eigenvalue weighted by Gasteiger charge is -2.06. The van der Waals surface area contributed by atoms with Gasteiger partial charge < -0.3 is 4.74 Å². The first-order chi connectivity index (χ1) is 14.3. The van der Waals surface area contributed by atoms with Crippen molar-refractivity contribution in [1.29, 1.82) is 0 Å². The molecule has 0 aliphatic carbocycles. The Morgan fingerprint density at radius 1 is 1.00 bits per heavy atom. The summed E-state index contributed by atoms with van der Waals surface area (Å²) in [5.41, 5.74) is 6.19. The van der Waals surface area contributed by atoms with Gasteiger partial charge in [0.1, 0.15) is 5.75 Å². The van der Waals surface area contributed by atoms with Gasteiger partial charge in [0.15, 0.2) is 0 Å². The van der Waals surface area contributed by atoms with Gasteiger partial charge in [-0.05, 0) is 43.2 Å². The molecule has 0 atom stereocenters. The van der Waals surface area contributed by atoms with Gasteiger partial charge in [0.2, 0.25) is 5.13 Å². The first kappa shape index (κ1) is 21.1. The first-order valence-electron chi connectivity index (χ1n) is 10.3. The lowest BCUT2D eigenvalue weighted by molar-refractivity contribution is 0.304. The maximum Gasteiger partial charge on any atom is 0.204 e. The normalized spacial score (nSPS) is 11.1. The second kappa shape index (κ2) is 11.4. The first-order valence-corrected chi connectivity index (χ1v) is 11.1. The Morgan fingerprint density at radius 2 is 1.76 bits per heavy atom. The molecule has 2 aromatic carbocycles. The zero-order chi connectivity index (χ0) is 20.3. The predicted molar refractivity (Wildman–Crippen MR) is 124 cm³/mol. The molecule has 0 aliphatic heterocycles. The van der Waals surface area contributed by atoms with E-state index in [2.05, 4.69) is 41.5 Å². The van der Waals surface area contributed by atoms with Crippen LogP contribution in [0, 0.1) is 6.92 Å². The van der Waals surface area contributed by atoms with E-state index in [0.717, 1.165) is 40.7 Å². The van der Waals surface area contributed by atoms with Crippen molar-refractivity contribution in [3.63, 3.8) is 0 Å². The van der Waals surface area contributed by atoms with Crippen molar-refractivity contribution in [1.82, 2.24) is 4.98 Å². The van der Waals surface area contributed by atoms with Gasteiger partial charge in [-0.2, -0.15) is 5.10 Å². The fourth-order valence-electron chi connectivity index (χ4n) is 3.02. The van der Waals surface area contributed by atoms with Crippen LogP contribution in [-0.4, -0.2) is 17.8 Å². The van der Waals surface area contributed by atoms with Gasteiger partial charge >= 0.3 is 0 Å². The number of hydrogen-bond acceptors (Lipinski definition) is 5. The van der Waals surface area contributed by atoms with Crippen LogP contribution in [0.5, 0.6) is 5.75 Å². The second-order valence-corrected chi connectivity index (χ2v) is 8.19. The van der Waals surface area contributed by atoms with Crippen LogP contribution in [0.15, 0.2) is 59.7 Å². The van der Waals surface area contributed by atoms with E-state index in [4.69, 9.17) is 4.74 Å². The number of nitrogens with zero attached hydrogens (tertiary/aromatic N) is 2. The third-order valence-electron chi connectivity index (χ3n) is 4.61. The molecule has 4 nitrogen and oxygen atoms in total. The largest absolute Gasteiger partial charge is 0.494 e. The zero-order valence-electron chi connectivity index (χ0n) is 17.2. The highest BCUT2D eigenvalue weighted by Crippen LogP contribution is 2.30. The summed E-state index contributed by atoms with van der Waals surface area (Å²) in [6.07, 6.45) is 8.05. The van der Waals surface area contributed by atoms with Crippen molar-refractivity contribution in [3.05, 3.63) is 65.0 Å². The number of hydrazone groups is 1. The number of unbranched alkanes of at least 4 members (excludes halogenated alkanes) is 4. The number of benzene rings is 2. The number of aryl methyl sites for hydroxylation is 1. The van der Waals surface area contributed by atoms with Crippen LogP contribution in [0.4, 0.5) is 5.13 Å². The minimum absolute atomic E-state index is 0.784. The minimum atomic E-state index is 0.784. The van der Waals surface area contributed by atoms with Gasteiger partial charge in [-0.3, -0.25) is 5.43 Å². The Kier molecular flexibility index (Phi) is 8.25. The van der Waals surface area contributed by atoms with Gasteiger partial charge in [-0.15, -0.1) is 11.3 Å². The monoisotopic (exact) mass is 407 g/mol. The third kappa shape index (κ3) is 6.71. The number of nitrogens with one attached hydrogen (secondary N) is 1. The van der Waals surface area contributed by atoms with Crippen LogP contribution in [0.1, 0.15) is 49.5 Å². The van der Waals surface area contributed by atoms with Crippen LogP contribution in [0.25, 0.3) is 11.3 Å². The van der Waals surface area contributed by atoms with Crippen molar-refractivity contribution in [3.8, 4) is 17.0 Å². The number of thiazole rings is 1. The standard InChI is InChI=1S/C24H29N3OS/c1-3-4-5-6-10-17-28-22-15-13-20(14-16-22)18-25-27-24-26-23(19(2)29-24)21-11-8-7-9-12-21/h7-9,11-16,18H,3-6,10,17H2,1-2H3,(H,26,27)/b25-18+. The van der Waals surface area contributed by atoms with Gasteiger partial charge in [0.05, 0.1) is 18.5 Å². The molecule has 1 heterocycles. The molecule has 0 bridgehead atoms. The van der Waals surface area contributed by atoms with E-state index in [0.29, 0.717) is 0 Å². The summed E-state index contributed by atoms with van der Waals surface area (Å²) in [5, 5.41) is 5.12. The van der Waals surface area contributed by atoms with Crippen molar-refractivity contribution in [2.75, 3.05) is 12.0 Å². The average Bonchev–Trinajstić information content (AvgIpc) is 3.13. The fourth-order valence-corrected chi connectivity index (χ4v) is 3.80. The van der Waals surface area contributed by atoms with Crippen LogP contribution < -0.4 is 10.2 Å². The van der Waals surface area contributed by atoms with E-state index in [1.54, 1.807) is 17.6 Å². The van der Waals surface area contributed by atoms with Crippen molar-refractivity contribution in [2.24, 2.45) is 5.10 Å². The molecule has 0 unspecified atom stereocenters. The SMILES string of the molecule is CCCCCCCOc1ccc(/C=N/Nc2nc(-c3ccccc3)c(C)s2)cc1. The predicted octanol–water partition coefficient (Wildman–Crippen LogP) is 6.91. The number of rotatable bonds is 11. The molecule has 0 saturated heterocycles. The molecule has 0 aliphatic rings. The summed E-state index contributed by atoms with van der Waals surface area (Å²) in [5.74, 6) is 0.911. The molecule has 0 amide bonds. The Balaban J connectivity index is 1.47. The Labute approximate surface area is 177 Å². The molecule has 1 aromatic heterocycles. The molecule has 29 heavy (non-hydrogen) atoms. The highest BCUT2D eigenvalue weighted by molar-refractivity contribution is 7.15. The third-order valence-corrected chi connectivity index (χ3v) is 5.49. The summed E-state index contributed by atoms with van der Waals surface area (Å²) in [7, 11) is 0. The molecular formula is C24H29N3OS. The van der Waals surface area contributed by atoms with Gasteiger partial charge in [0.25, 0.3) is 0 Å². The van der Waals surface area contributed by atoms with E-state index < -0.39 is 0 Å². The van der Waals surface area contributed by atoms with Crippen LogP contribution >= 0.6 is 11.3 Å². The molecule has 0 spiro atoms. The van der Waals surface area contributed by atoms with E-state index in [-0.39, 0.29) is 0 Å². The smallest absolute Gasteiger partial charge is 0.204 e. The number of hydrogen-bond donors (Lipinski definition) is 1. The van der Waals surface area contributed by atoms with E-state index >= 15 is 0 Å². The number of anilines is 1. The zero-order valence-corrected chi connectivity index (χ0v) is 18.0. The molecule has 0 radical (unpaired) electrons. The lowest BCUT2D eigenvalue weighted by Crippen LogP contribution is -1.97. The molecule has 3 aromatic rings. The van der Waals surface area contributed by atoms with Crippen LogP contribution in [0.2, 0.25) is 0 Å². The molecule has 0 fully saturated rings. The fraction of sp³-hybridized carbons (Fsp3) is 0.333. The van der Waals surface area contributed by atoms with Gasteiger partial charge in [0, 0.05) is 10.4 Å².